The molecule has 0 saturated heterocycles. The number of H-pyrrole nitrogens is 1. The molecule has 4 aliphatic carbocycles. The van der Waals surface area contributed by atoms with Crippen molar-refractivity contribution in [2.24, 2.45) is 58.2 Å². The van der Waals surface area contributed by atoms with Crippen molar-refractivity contribution in [3.05, 3.63) is 5.82 Å². The van der Waals surface area contributed by atoms with Crippen LogP contribution >= 0.6 is 0 Å². The smallest absolute Gasteiger partial charge is 0.174 e. The molecule has 0 bridgehead atoms. The Balaban J connectivity index is 1.35. The molecule has 192 valence electrons. The Morgan fingerprint density at radius 3 is 2.44 bits per heavy atom. The minimum atomic E-state index is -0.200. The molecule has 4 aliphatic rings. The fourth-order valence-corrected chi connectivity index (χ4v) is 10.4. The lowest BCUT2D eigenvalue weighted by atomic mass is 9.41. The van der Waals surface area contributed by atoms with Gasteiger partial charge in [-0.05, 0) is 110 Å². The summed E-state index contributed by atoms with van der Waals surface area (Å²) in [6.07, 6.45) is 10.9. The minimum Gasteiger partial charge on any atom is -0.393 e. The molecule has 4 unspecified atom stereocenters. The summed E-state index contributed by atoms with van der Waals surface area (Å²) in [6, 6.07) is 0. The fraction of sp³-hybridized carbons (Fsp3) is 0.964. The van der Waals surface area contributed by atoms with E-state index in [1.54, 1.807) is 0 Å². The van der Waals surface area contributed by atoms with Crippen LogP contribution in [-0.2, 0) is 6.42 Å². The molecule has 4 saturated carbocycles. The van der Waals surface area contributed by atoms with Crippen molar-refractivity contribution >= 4 is 0 Å². The number of hydrogen-bond acceptors (Lipinski definition) is 5. The minimum absolute atomic E-state index is 0.170. The lowest BCUT2D eigenvalue weighted by Gasteiger charge is -2.64. The van der Waals surface area contributed by atoms with Crippen LogP contribution in [0.4, 0.5) is 0 Å². The monoisotopic (exact) mass is 472 g/mol. The molecule has 0 amide bonds. The summed E-state index contributed by atoms with van der Waals surface area (Å²) in [5, 5.41) is 37.0. The van der Waals surface area contributed by atoms with E-state index in [2.05, 4.69) is 55.2 Å². The van der Waals surface area contributed by atoms with Crippen LogP contribution in [0.5, 0.6) is 0 Å². The molecule has 6 heteroatoms. The normalized spacial score (nSPS) is 48.0. The number of nitrogens with zero attached hydrogens (tertiary/aromatic N) is 3. The Morgan fingerprint density at radius 1 is 1.00 bits per heavy atom. The average molecular weight is 473 g/mol. The molecule has 0 spiro atoms. The number of aromatic nitrogens is 4. The summed E-state index contributed by atoms with van der Waals surface area (Å²) < 4.78 is 0. The van der Waals surface area contributed by atoms with Crippen LogP contribution in [0.1, 0.15) is 98.2 Å². The molecule has 0 aromatic carbocycles. The number of rotatable bonds is 6. The van der Waals surface area contributed by atoms with Crippen molar-refractivity contribution in [3.63, 3.8) is 0 Å². The van der Waals surface area contributed by atoms with E-state index in [4.69, 9.17) is 0 Å². The Kier molecular flexibility index (Phi) is 6.63. The van der Waals surface area contributed by atoms with Crippen LogP contribution in [-0.4, -0.2) is 43.0 Å². The highest BCUT2D eigenvalue weighted by molar-refractivity contribution is 5.13. The SMILES string of the molecule is CC[C@H]1C(O)C2C3CC[C@H]([C@H](C)C[C@H](C)Cc4nn[nH]n4)[C@@]3(C)CCC2[C@@]2(C)CC[C@@H](O)C[C@@H]12. The quantitative estimate of drug-likeness (QED) is 0.540. The van der Waals surface area contributed by atoms with Gasteiger partial charge in [0, 0.05) is 6.42 Å². The van der Waals surface area contributed by atoms with E-state index in [9.17, 15) is 10.2 Å². The van der Waals surface area contributed by atoms with Crippen LogP contribution in [0, 0.1) is 58.2 Å². The van der Waals surface area contributed by atoms with Gasteiger partial charge in [-0.25, -0.2) is 0 Å². The van der Waals surface area contributed by atoms with E-state index in [-0.39, 0.29) is 17.6 Å². The summed E-state index contributed by atoms with van der Waals surface area (Å²) in [5.41, 5.74) is 0.622. The van der Waals surface area contributed by atoms with Gasteiger partial charge >= 0.3 is 0 Å². The topological polar surface area (TPSA) is 94.9 Å². The van der Waals surface area contributed by atoms with Gasteiger partial charge in [0.25, 0.3) is 0 Å². The maximum absolute atomic E-state index is 11.9. The zero-order valence-electron chi connectivity index (χ0n) is 22.1. The fourth-order valence-electron chi connectivity index (χ4n) is 10.4. The third-order valence-corrected chi connectivity index (χ3v) is 11.8. The summed E-state index contributed by atoms with van der Waals surface area (Å²) in [6.45, 7) is 12.2. The molecule has 0 radical (unpaired) electrons. The van der Waals surface area contributed by atoms with Crippen molar-refractivity contribution < 1.29 is 10.2 Å². The predicted molar refractivity (Wildman–Crippen MR) is 133 cm³/mol. The number of nitrogens with one attached hydrogen (secondary N) is 1. The van der Waals surface area contributed by atoms with Crippen molar-refractivity contribution in [1.82, 2.24) is 20.6 Å². The van der Waals surface area contributed by atoms with Crippen LogP contribution < -0.4 is 0 Å². The molecule has 6 nitrogen and oxygen atoms in total. The molecule has 12 atom stereocenters. The summed E-state index contributed by atoms with van der Waals surface area (Å²) in [5.74, 6) is 5.29. The number of aliphatic hydroxyl groups excluding tert-OH is 2. The lowest BCUT2D eigenvalue weighted by Crippen LogP contribution is -2.62. The molecule has 5 rings (SSSR count). The first-order chi connectivity index (χ1) is 16.2. The van der Waals surface area contributed by atoms with Gasteiger partial charge in [0.2, 0.25) is 0 Å². The largest absolute Gasteiger partial charge is 0.393 e. The average Bonchev–Trinajstić information content (AvgIpc) is 3.42. The first-order valence-electron chi connectivity index (χ1n) is 14.3. The van der Waals surface area contributed by atoms with Gasteiger partial charge < -0.3 is 10.2 Å². The Bertz CT molecular complexity index is 832. The number of aromatic amines is 1. The highest BCUT2D eigenvalue weighted by Crippen LogP contribution is 2.69. The maximum Gasteiger partial charge on any atom is 0.174 e. The van der Waals surface area contributed by atoms with Gasteiger partial charge in [-0.3, -0.25) is 0 Å². The molecular formula is C28H48N4O2. The number of aliphatic hydroxyl groups is 2. The Labute approximate surface area is 206 Å². The molecule has 1 aromatic rings. The second-order valence-corrected chi connectivity index (χ2v) is 13.5. The number of tetrazole rings is 1. The molecule has 0 aliphatic heterocycles. The van der Waals surface area contributed by atoms with E-state index in [1.807, 2.05) is 0 Å². The van der Waals surface area contributed by atoms with Crippen LogP contribution in [0.3, 0.4) is 0 Å². The molecule has 1 aromatic heterocycles. The summed E-state index contributed by atoms with van der Waals surface area (Å²) in [7, 11) is 0. The molecule has 1 heterocycles. The van der Waals surface area contributed by atoms with E-state index in [0.29, 0.717) is 46.8 Å². The van der Waals surface area contributed by atoms with Crippen molar-refractivity contribution in [3.8, 4) is 0 Å². The molecule has 4 fully saturated rings. The Hall–Kier alpha value is -1.01. The second-order valence-electron chi connectivity index (χ2n) is 13.5. The van der Waals surface area contributed by atoms with E-state index in [0.717, 1.165) is 43.8 Å². The van der Waals surface area contributed by atoms with Crippen LogP contribution in [0.25, 0.3) is 0 Å². The van der Waals surface area contributed by atoms with Crippen LogP contribution in [0.15, 0.2) is 0 Å². The van der Waals surface area contributed by atoms with Gasteiger partial charge in [-0.1, -0.05) is 46.3 Å². The van der Waals surface area contributed by atoms with E-state index < -0.39 is 0 Å². The van der Waals surface area contributed by atoms with E-state index >= 15 is 0 Å². The van der Waals surface area contributed by atoms with Crippen LogP contribution in [0.2, 0.25) is 0 Å². The first kappa shape index (κ1) is 24.7. The third kappa shape index (κ3) is 3.86. The first-order valence-corrected chi connectivity index (χ1v) is 14.3. The zero-order valence-corrected chi connectivity index (χ0v) is 22.1. The Morgan fingerprint density at radius 2 is 1.74 bits per heavy atom. The number of fused-ring (bicyclic) bond motifs is 5. The van der Waals surface area contributed by atoms with Gasteiger partial charge in [0.05, 0.1) is 12.2 Å². The number of hydrogen-bond donors (Lipinski definition) is 3. The zero-order chi connectivity index (χ0) is 24.3. The van der Waals surface area contributed by atoms with Gasteiger partial charge in [0.15, 0.2) is 5.82 Å². The van der Waals surface area contributed by atoms with Gasteiger partial charge in [-0.2, -0.15) is 5.21 Å². The van der Waals surface area contributed by atoms with Crippen molar-refractivity contribution in [2.75, 3.05) is 0 Å². The van der Waals surface area contributed by atoms with Gasteiger partial charge in [-0.15, -0.1) is 10.2 Å². The summed E-state index contributed by atoms with van der Waals surface area (Å²) >= 11 is 0. The second kappa shape index (κ2) is 9.14. The molecule has 3 N–H and O–H groups in total. The third-order valence-electron chi connectivity index (χ3n) is 11.8. The highest BCUT2D eigenvalue weighted by atomic mass is 16.3. The molecule has 34 heavy (non-hydrogen) atoms. The standard InChI is InChI=1S/C28H48N4O2/c1-6-19-23-15-18(33)9-11-28(23,5)22-10-12-27(4)20(7-8-21(27)25(22)26(19)34)17(3)13-16(2)14-24-29-31-32-30-24/h16-23,25-26,33-34H,6-15H2,1-5H3,(H,29,30,31,32)/t16-,17+,18+,19+,20+,21?,22?,23-,25?,26?,27+,28+/m0/s1. The van der Waals surface area contributed by atoms with E-state index in [1.165, 1.54) is 32.1 Å². The van der Waals surface area contributed by atoms with Crippen molar-refractivity contribution in [2.45, 2.75) is 111 Å². The molecular weight excluding hydrogens is 424 g/mol. The maximum atomic E-state index is 11.9. The highest BCUT2D eigenvalue weighted by Gasteiger charge is 2.64. The lowest BCUT2D eigenvalue weighted by molar-refractivity contribution is -0.203. The summed E-state index contributed by atoms with van der Waals surface area (Å²) in [4.78, 5) is 0. The predicted octanol–water partition coefficient (Wildman–Crippen LogP) is 5.03. The van der Waals surface area contributed by atoms with Crippen molar-refractivity contribution in [1.29, 1.82) is 0 Å². The van der Waals surface area contributed by atoms with Gasteiger partial charge in [0.1, 0.15) is 0 Å².